The van der Waals surface area contributed by atoms with Gasteiger partial charge in [0.1, 0.15) is 0 Å². The Morgan fingerprint density at radius 2 is 1.72 bits per heavy atom. The summed E-state index contributed by atoms with van der Waals surface area (Å²) in [6, 6.07) is 12.5. The Morgan fingerprint density at radius 1 is 0.862 bits per heavy atom. The minimum absolute atomic E-state index is 0.879. The average molecular weight is 510 g/mol. The predicted octanol–water partition coefficient (Wildman–Crippen LogP) is 7.09. The van der Waals surface area contributed by atoms with Crippen LogP contribution < -0.4 is 0 Å². The number of hydrogen-bond acceptors (Lipinski definition) is 2. The number of fused-ring (bicyclic) bond motifs is 8. The lowest BCUT2D eigenvalue weighted by Gasteiger charge is -2.00. The minimum atomic E-state index is 0.879. The van der Waals surface area contributed by atoms with Crippen LogP contribution in [0.4, 0.5) is 0 Å². The molecule has 2 N–H and O–H groups in total. The smallest absolute Gasteiger partial charge is 0.0800 e. The van der Waals surface area contributed by atoms with Crippen LogP contribution in [0.5, 0.6) is 0 Å². The van der Waals surface area contributed by atoms with Crippen LogP contribution in [-0.4, -0.2) is 19.9 Å². The second kappa shape index (κ2) is 7.43. The summed E-state index contributed by atoms with van der Waals surface area (Å²) in [7, 11) is 0. The first kappa shape index (κ1) is 18.6. The second-order valence-electron chi connectivity index (χ2n) is 7.14. The van der Waals surface area contributed by atoms with Crippen molar-refractivity contribution in [2.75, 3.05) is 0 Å². The monoisotopic (exact) mass is 508 g/mol. The van der Waals surface area contributed by atoms with E-state index in [1.165, 1.54) is 5.56 Å². The number of aromatic amines is 2. The molecule has 3 aromatic heterocycles. The molecule has 0 unspecified atom stereocenters. The Kier molecular flexibility index (Phi) is 4.76. The van der Waals surface area contributed by atoms with Gasteiger partial charge >= 0.3 is 0 Å². The largest absolute Gasteiger partial charge is 0.355 e. The maximum absolute atomic E-state index is 4.86. The molecule has 8 bridgehead atoms. The highest BCUT2D eigenvalue weighted by Gasteiger charge is 2.11. The number of aryl methyl sites for hydroxylation is 1. The predicted molar refractivity (Wildman–Crippen MR) is 128 cm³/mol. The van der Waals surface area contributed by atoms with Crippen molar-refractivity contribution in [2.45, 2.75) is 19.8 Å². The number of nitrogens with one attached hydrogen (secondary N) is 2. The lowest BCUT2D eigenvalue weighted by atomic mass is 10.1. The fourth-order valence-corrected chi connectivity index (χ4v) is 4.55. The van der Waals surface area contributed by atoms with Crippen molar-refractivity contribution in [3.8, 4) is 0 Å². The van der Waals surface area contributed by atoms with E-state index in [2.05, 4.69) is 85.2 Å². The van der Waals surface area contributed by atoms with Crippen LogP contribution in [-0.2, 0) is 6.42 Å². The summed E-state index contributed by atoms with van der Waals surface area (Å²) >= 11 is 7.29. The van der Waals surface area contributed by atoms with Crippen LogP contribution in [0.3, 0.4) is 0 Å². The fourth-order valence-electron chi connectivity index (χ4n) is 3.66. The molecule has 0 atom stereocenters. The van der Waals surface area contributed by atoms with Crippen molar-refractivity contribution < 1.29 is 0 Å². The maximum Gasteiger partial charge on any atom is 0.0800 e. The lowest BCUT2D eigenvalue weighted by molar-refractivity contribution is 0.919. The number of H-pyrrole nitrogens is 2. The van der Waals surface area contributed by atoms with Crippen LogP contribution in [0.15, 0.2) is 40.9 Å². The number of aromatic nitrogens is 4. The van der Waals surface area contributed by atoms with E-state index in [1.807, 2.05) is 18.2 Å². The van der Waals surface area contributed by atoms with Crippen molar-refractivity contribution in [1.82, 2.24) is 19.9 Å². The van der Waals surface area contributed by atoms with Crippen molar-refractivity contribution in [3.63, 3.8) is 0 Å². The molecule has 6 heteroatoms. The van der Waals surface area contributed by atoms with E-state index in [9.17, 15) is 0 Å². The van der Waals surface area contributed by atoms with Crippen LogP contribution in [0.1, 0.15) is 41.7 Å². The topological polar surface area (TPSA) is 57.4 Å². The standard InChI is InChI=1S/C23H18Br2N4/c1-2-3-17-20-6-4-13(26-20)8-15-10-18(24)22(28-15)12-23-19(25)11-16(29-23)9-14-5-7-21(17)27-14/h4-12,26,28H,2-3H2,1H3. The summed E-state index contributed by atoms with van der Waals surface area (Å²) in [4.78, 5) is 16.6. The summed E-state index contributed by atoms with van der Waals surface area (Å²) < 4.78 is 1.96. The number of rotatable bonds is 2. The van der Waals surface area contributed by atoms with Crippen molar-refractivity contribution in [1.29, 1.82) is 0 Å². The van der Waals surface area contributed by atoms with Gasteiger partial charge in [0.05, 0.1) is 28.3 Å². The van der Waals surface area contributed by atoms with Crippen LogP contribution in [0, 0.1) is 0 Å². The first-order valence-electron chi connectivity index (χ1n) is 9.54. The quantitative estimate of drug-likeness (QED) is 0.303. The molecule has 144 valence electrons. The molecular weight excluding hydrogens is 492 g/mol. The summed E-state index contributed by atoms with van der Waals surface area (Å²) in [6.45, 7) is 2.19. The van der Waals surface area contributed by atoms with E-state index in [0.29, 0.717) is 0 Å². The van der Waals surface area contributed by atoms with Gasteiger partial charge in [0.15, 0.2) is 0 Å². The highest BCUT2D eigenvalue weighted by Crippen LogP contribution is 2.29. The molecule has 5 heterocycles. The summed E-state index contributed by atoms with van der Waals surface area (Å²) in [5.74, 6) is 0. The van der Waals surface area contributed by atoms with Gasteiger partial charge in [0.2, 0.25) is 0 Å². The van der Waals surface area contributed by atoms with E-state index in [1.54, 1.807) is 0 Å². The Hall–Kier alpha value is -2.44. The van der Waals surface area contributed by atoms with Crippen LogP contribution >= 0.6 is 31.9 Å². The molecule has 0 spiro atoms. The van der Waals surface area contributed by atoms with Crippen LogP contribution in [0.25, 0.3) is 44.8 Å². The molecule has 0 saturated carbocycles. The average Bonchev–Trinajstić information content (AvgIpc) is 3.45. The van der Waals surface area contributed by atoms with Gasteiger partial charge in [-0.15, -0.1) is 0 Å². The summed E-state index contributed by atoms with van der Waals surface area (Å²) in [5.41, 5.74) is 9.09. The Bertz CT molecular complexity index is 1340. The molecule has 0 fully saturated rings. The molecule has 4 nitrogen and oxygen atoms in total. The lowest BCUT2D eigenvalue weighted by Crippen LogP contribution is -1.89. The fraction of sp³-hybridized carbons (Fsp3) is 0.130. The zero-order valence-corrected chi connectivity index (χ0v) is 18.9. The molecule has 5 rings (SSSR count). The Morgan fingerprint density at radius 3 is 2.59 bits per heavy atom. The summed E-state index contributed by atoms with van der Waals surface area (Å²) in [6.07, 6.45) is 8.20. The highest BCUT2D eigenvalue weighted by molar-refractivity contribution is 9.15. The van der Waals surface area contributed by atoms with Crippen molar-refractivity contribution in [2.24, 2.45) is 0 Å². The third-order valence-corrected chi connectivity index (χ3v) is 6.27. The SMILES string of the molecule is CCCc1c2nc(cc3nc(cc4[nH]c(cc4Br)cc4ccc1[nH]4)C(Br)=C3)C=C2. The third kappa shape index (κ3) is 3.63. The van der Waals surface area contributed by atoms with E-state index < -0.39 is 0 Å². The Balaban J connectivity index is 1.89. The van der Waals surface area contributed by atoms with Gasteiger partial charge < -0.3 is 9.97 Å². The van der Waals surface area contributed by atoms with Gasteiger partial charge in [0, 0.05) is 31.1 Å². The third-order valence-electron chi connectivity index (χ3n) is 4.98. The van der Waals surface area contributed by atoms with E-state index in [4.69, 9.17) is 9.97 Å². The first-order valence-corrected chi connectivity index (χ1v) is 11.1. The number of hydrogen-bond donors (Lipinski definition) is 2. The van der Waals surface area contributed by atoms with Gasteiger partial charge in [-0.3, -0.25) is 0 Å². The molecule has 29 heavy (non-hydrogen) atoms. The Labute approximate surface area is 185 Å². The van der Waals surface area contributed by atoms with Gasteiger partial charge in [-0.2, -0.15) is 0 Å². The summed E-state index contributed by atoms with van der Waals surface area (Å²) in [5, 5.41) is 0. The minimum Gasteiger partial charge on any atom is -0.355 e. The van der Waals surface area contributed by atoms with Crippen molar-refractivity contribution >= 4 is 76.6 Å². The normalized spacial score (nSPS) is 13.0. The van der Waals surface area contributed by atoms with Crippen molar-refractivity contribution in [3.05, 3.63) is 69.2 Å². The zero-order valence-electron chi connectivity index (χ0n) is 15.8. The maximum atomic E-state index is 4.86. The van der Waals surface area contributed by atoms with Gasteiger partial charge in [-0.05, 0) is 92.9 Å². The molecule has 0 saturated heterocycles. The molecule has 2 aliphatic heterocycles. The van der Waals surface area contributed by atoms with Crippen LogP contribution in [0.2, 0.25) is 0 Å². The van der Waals surface area contributed by atoms with E-state index in [-0.39, 0.29) is 0 Å². The van der Waals surface area contributed by atoms with E-state index in [0.717, 1.165) is 66.6 Å². The zero-order chi connectivity index (χ0) is 20.0. The number of nitrogens with zero attached hydrogens (tertiary/aromatic N) is 2. The molecule has 0 aromatic carbocycles. The van der Waals surface area contributed by atoms with E-state index >= 15 is 0 Å². The van der Waals surface area contributed by atoms with Gasteiger partial charge in [-0.25, -0.2) is 9.97 Å². The number of halogens is 2. The molecule has 0 amide bonds. The first-order chi connectivity index (χ1) is 14.1. The van der Waals surface area contributed by atoms with Gasteiger partial charge in [-0.1, -0.05) is 13.3 Å². The van der Waals surface area contributed by atoms with Gasteiger partial charge in [0.25, 0.3) is 0 Å². The second-order valence-corrected chi connectivity index (χ2v) is 8.85. The highest BCUT2D eigenvalue weighted by atomic mass is 79.9. The molecule has 0 aliphatic carbocycles. The molecule has 0 radical (unpaired) electrons. The molecule has 2 aliphatic rings. The molecule has 3 aromatic rings. The molecular formula is C23H18Br2N4.